The zero-order valence-electron chi connectivity index (χ0n) is 19.8. The van der Waals surface area contributed by atoms with E-state index < -0.39 is 5.60 Å². The highest BCUT2D eigenvalue weighted by atomic mass is 16.6. The highest BCUT2D eigenvalue weighted by Gasteiger charge is 2.16. The van der Waals surface area contributed by atoms with E-state index in [0.717, 1.165) is 18.5 Å². The Morgan fingerprint density at radius 1 is 0.935 bits per heavy atom. The molecule has 0 aliphatic rings. The predicted octanol–water partition coefficient (Wildman–Crippen LogP) is 4.77. The summed E-state index contributed by atoms with van der Waals surface area (Å²) in [4.78, 5) is 24.3. The van der Waals surface area contributed by atoms with Crippen LogP contribution in [-0.4, -0.2) is 50.1 Å². The molecule has 0 saturated heterocycles. The molecule has 0 heterocycles. The number of esters is 1. The molecule has 7 nitrogen and oxygen atoms in total. The van der Waals surface area contributed by atoms with E-state index in [-0.39, 0.29) is 18.1 Å². The van der Waals surface area contributed by atoms with Crippen molar-refractivity contribution < 1.29 is 24.2 Å². The number of methoxy groups -OCH3 is 1. The standard InChI is InChI=1S/C15H15NO2.C8H17NO2.CH4O/c1-16(13-6-4-3-5-7-13)14-10-8-12(9-11-14)15(17)18-2;1-6(2)9-7(10)11-8(3,4)5;1-2/h3-11H,1-2H3;6H,1-5H3,(H,9,10);2H,1H3. The largest absolute Gasteiger partial charge is 0.465 e. The summed E-state index contributed by atoms with van der Waals surface area (Å²) in [7, 11) is 4.37. The number of hydrogen-bond donors (Lipinski definition) is 2. The molecule has 7 heteroatoms. The third-order valence-electron chi connectivity index (χ3n) is 3.62. The molecule has 1 amide bonds. The van der Waals surface area contributed by atoms with E-state index in [2.05, 4.69) is 15.0 Å². The van der Waals surface area contributed by atoms with Crippen LogP contribution in [0.1, 0.15) is 45.0 Å². The normalized spacial score (nSPS) is 10.0. The molecule has 0 unspecified atom stereocenters. The third-order valence-corrected chi connectivity index (χ3v) is 3.62. The van der Waals surface area contributed by atoms with Gasteiger partial charge in [0.15, 0.2) is 0 Å². The third kappa shape index (κ3) is 11.6. The zero-order chi connectivity index (χ0) is 24.0. The summed E-state index contributed by atoms with van der Waals surface area (Å²) >= 11 is 0. The van der Waals surface area contributed by atoms with Gasteiger partial charge in [0.25, 0.3) is 0 Å². The molecule has 2 N–H and O–H groups in total. The van der Waals surface area contributed by atoms with Gasteiger partial charge in [-0.2, -0.15) is 0 Å². The molecule has 0 bridgehead atoms. The Balaban J connectivity index is 0.000000599. The van der Waals surface area contributed by atoms with Crippen molar-refractivity contribution in [1.29, 1.82) is 0 Å². The van der Waals surface area contributed by atoms with Crippen molar-refractivity contribution in [2.24, 2.45) is 0 Å². The molecule has 0 radical (unpaired) electrons. The molecular weight excluding hydrogens is 396 g/mol. The van der Waals surface area contributed by atoms with Crippen LogP contribution in [0.2, 0.25) is 0 Å². The molecule has 0 aliphatic carbocycles. The molecule has 2 aromatic rings. The SMILES string of the molecule is CC(C)NC(=O)OC(C)(C)C.CO.COC(=O)c1ccc(N(C)c2ccccc2)cc1. The highest BCUT2D eigenvalue weighted by molar-refractivity contribution is 5.89. The number of benzene rings is 2. The summed E-state index contributed by atoms with van der Waals surface area (Å²) in [5.41, 5.74) is 2.28. The highest BCUT2D eigenvalue weighted by Crippen LogP contribution is 2.23. The van der Waals surface area contributed by atoms with Crippen LogP contribution >= 0.6 is 0 Å². The Bertz CT molecular complexity index is 769. The minimum Gasteiger partial charge on any atom is -0.465 e. The van der Waals surface area contributed by atoms with Gasteiger partial charge in [-0.1, -0.05) is 18.2 Å². The van der Waals surface area contributed by atoms with Crippen LogP contribution in [0.4, 0.5) is 16.2 Å². The van der Waals surface area contributed by atoms with Crippen LogP contribution in [0.5, 0.6) is 0 Å². The van der Waals surface area contributed by atoms with Crippen LogP contribution < -0.4 is 10.2 Å². The number of aliphatic hydroxyl groups is 1. The number of para-hydroxylation sites is 1. The second kappa shape index (κ2) is 14.0. The first-order chi connectivity index (χ1) is 14.5. The van der Waals surface area contributed by atoms with Gasteiger partial charge < -0.3 is 24.8 Å². The second-order valence-corrected chi connectivity index (χ2v) is 7.73. The molecule has 2 aromatic carbocycles. The van der Waals surface area contributed by atoms with Gasteiger partial charge in [-0.05, 0) is 71.0 Å². The van der Waals surface area contributed by atoms with Crippen LogP contribution in [-0.2, 0) is 9.47 Å². The number of nitrogens with one attached hydrogen (secondary N) is 1. The minimum absolute atomic E-state index is 0.129. The summed E-state index contributed by atoms with van der Waals surface area (Å²) in [5.74, 6) is -0.316. The van der Waals surface area contributed by atoms with E-state index in [0.29, 0.717) is 5.56 Å². The van der Waals surface area contributed by atoms with E-state index in [1.807, 2.05) is 84.1 Å². The van der Waals surface area contributed by atoms with E-state index in [1.54, 1.807) is 12.1 Å². The number of carbonyl (C=O) groups is 2. The lowest BCUT2D eigenvalue weighted by Crippen LogP contribution is -2.36. The van der Waals surface area contributed by atoms with Crippen LogP contribution in [0.3, 0.4) is 0 Å². The van der Waals surface area contributed by atoms with Gasteiger partial charge in [0.05, 0.1) is 12.7 Å². The summed E-state index contributed by atoms with van der Waals surface area (Å²) in [5, 5.41) is 9.64. The number of alkyl carbamates (subject to hydrolysis) is 1. The first-order valence-corrected chi connectivity index (χ1v) is 9.95. The Morgan fingerprint density at radius 2 is 1.42 bits per heavy atom. The Morgan fingerprint density at radius 3 is 1.84 bits per heavy atom. The van der Waals surface area contributed by atoms with Crippen LogP contribution in [0.25, 0.3) is 0 Å². The maximum atomic E-state index is 11.3. The summed E-state index contributed by atoms with van der Waals surface area (Å²) in [6.45, 7) is 9.31. The number of hydrogen-bond acceptors (Lipinski definition) is 6. The van der Waals surface area contributed by atoms with Crippen molar-refractivity contribution in [3.8, 4) is 0 Å². The fourth-order valence-electron chi connectivity index (χ4n) is 2.28. The van der Waals surface area contributed by atoms with E-state index >= 15 is 0 Å². The molecule has 0 fully saturated rings. The molecule has 0 atom stereocenters. The van der Waals surface area contributed by atoms with E-state index in [4.69, 9.17) is 9.84 Å². The van der Waals surface area contributed by atoms with Crippen molar-refractivity contribution in [3.05, 3.63) is 60.2 Å². The first kappa shape index (κ1) is 27.9. The lowest BCUT2D eigenvalue weighted by molar-refractivity contribution is 0.0511. The molecule has 172 valence electrons. The van der Waals surface area contributed by atoms with Crippen molar-refractivity contribution in [3.63, 3.8) is 0 Å². The quantitative estimate of drug-likeness (QED) is 0.677. The minimum atomic E-state index is -0.404. The van der Waals surface area contributed by atoms with Crippen molar-refractivity contribution in [2.45, 2.75) is 46.3 Å². The zero-order valence-corrected chi connectivity index (χ0v) is 19.8. The fourth-order valence-corrected chi connectivity index (χ4v) is 2.28. The number of carbonyl (C=O) groups excluding carboxylic acids is 2. The molecule has 0 aliphatic heterocycles. The maximum absolute atomic E-state index is 11.3. The molecule has 31 heavy (non-hydrogen) atoms. The van der Waals surface area contributed by atoms with Gasteiger partial charge in [0.2, 0.25) is 0 Å². The fraction of sp³-hybridized carbons (Fsp3) is 0.417. The second-order valence-electron chi connectivity index (χ2n) is 7.73. The Labute approximate surface area is 186 Å². The van der Waals surface area contributed by atoms with Gasteiger partial charge >= 0.3 is 12.1 Å². The molecule has 0 saturated carbocycles. The van der Waals surface area contributed by atoms with Gasteiger partial charge in [-0.15, -0.1) is 0 Å². The molecule has 0 spiro atoms. The van der Waals surface area contributed by atoms with E-state index in [9.17, 15) is 9.59 Å². The topological polar surface area (TPSA) is 88.1 Å². The predicted molar refractivity (Wildman–Crippen MR) is 125 cm³/mol. The van der Waals surface area contributed by atoms with Crippen molar-refractivity contribution in [2.75, 3.05) is 26.2 Å². The molecule has 0 aromatic heterocycles. The lowest BCUT2D eigenvalue weighted by atomic mass is 10.2. The van der Waals surface area contributed by atoms with Crippen LogP contribution in [0, 0.1) is 0 Å². The van der Waals surface area contributed by atoms with Gasteiger partial charge in [-0.25, -0.2) is 9.59 Å². The summed E-state index contributed by atoms with van der Waals surface area (Å²) in [6.07, 6.45) is -0.354. The van der Waals surface area contributed by atoms with Gasteiger partial charge in [0.1, 0.15) is 5.60 Å². The number of rotatable bonds is 4. The number of nitrogens with zero attached hydrogens (tertiary/aromatic N) is 1. The maximum Gasteiger partial charge on any atom is 0.407 e. The lowest BCUT2D eigenvalue weighted by Gasteiger charge is -2.20. The summed E-state index contributed by atoms with van der Waals surface area (Å²) < 4.78 is 9.67. The summed E-state index contributed by atoms with van der Waals surface area (Å²) in [6, 6.07) is 17.5. The van der Waals surface area contributed by atoms with Gasteiger partial charge in [0, 0.05) is 31.6 Å². The number of amides is 1. The number of anilines is 2. The number of aliphatic hydroxyl groups excluding tert-OH is 1. The number of ether oxygens (including phenoxy) is 2. The Kier molecular flexibility index (Phi) is 12.6. The Hall–Kier alpha value is -3.06. The average Bonchev–Trinajstić information content (AvgIpc) is 2.73. The van der Waals surface area contributed by atoms with Crippen molar-refractivity contribution >= 4 is 23.4 Å². The first-order valence-electron chi connectivity index (χ1n) is 9.95. The van der Waals surface area contributed by atoms with Crippen LogP contribution in [0.15, 0.2) is 54.6 Å². The van der Waals surface area contributed by atoms with Crippen molar-refractivity contribution in [1.82, 2.24) is 5.32 Å². The molecular formula is C24H36N2O5. The monoisotopic (exact) mass is 432 g/mol. The molecule has 2 rings (SSSR count). The van der Waals surface area contributed by atoms with Gasteiger partial charge in [-0.3, -0.25) is 0 Å². The average molecular weight is 433 g/mol. The smallest absolute Gasteiger partial charge is 0.407 e. The van der Waals surface area contributed by atoms with E-state index in [1.165, 1.54) is 7.11 Å².